The van der Waals surface area contributed by atoms with Gasteiger partial charge in [-0.05, 0) is 18.6 Å². The van der Waals surface area contributed by atoms with Crippen LogP contribution in [0.4, 0.5) is 0 Å². The molecule has 1 atom stereocenters. The molecule has 1 aliphatic rings. The highest BCUT2D eigenvalue weighted by atomic mass is 35.5. The quantitative estimate of drug-likeness (QED) is 0.776. The largest absolute Gasteiger partial charge is 0.307 e. The zero-order valence-corrected chi connectivity index (χ0v) is 13.1. The Hall–Kier alpha value is -2.25. The van der Waals surface area contributed by atoms with Crippen LogP contribution in [0.25, 0.3) is 5.65 Å². The summed E-state index contributed by atoms with van der Waals surface area (Å²) in [6.07, 6.45) is 5.08. The number of pyridine rings is 1. The molecule has 0 spiro atoms. The number of fused-ring (bicyclic) bond motifs is 2. The number of hydrogen-bond acceptors (Lipinski definition) is 5. The summed E-state index contributed by atoms with van der Waals surface area (Å²) in [5, 5.41) is 8.17. The first-order valence-corrected chi connectivity index (χ1v) is 7.85. The van der Waals surface area contributed by atoms with Crippen molar-refractivity contribution in [3.63, 3.8) is 0 Å². The summed E-state index contributed by atoms with van der Waals surface area (Å²) >= 11 is 5.91. The van der Waals surface area contributed by atoms with Crippen LogP contribution in [0.3, 0.4) is 0 Å². The monoisotopic (exact) mass is 330 g/mol. The first kappa shape index (κ1) is 14.3. The van der Waals surface area contributed by atoms with Gasteiger partial charge in [-0.1, -0.05) is 11.6 Å². The van der Waals surface area contributed by atoms with E-state index < -0.39 is 0 Å². The highest BCUT2D eigenvalue weighted by Gasteiger charge is 2.19. The Balaban J connectivity index is 1.50. The van der Waals surface area contributed by atoms with Crippen LogP contribution < -0.4 is 10.9 Å². The van der Waals surface area contributed by atoms with Gasteiger partial charge in [-0.15, -0.1) is 0 Å². The molecule has 23 heavy (non-hydrogen) atoms. The van der Waals surface area contributed by atoms with Crippen LogP contribution >= 0.6 is 11.6 Å². The molecule has 0 aliphatic carbocycles. The van der Waals surface area contributed by atoms with E-state index in [2.05, 4.69) is 20.4 Å². The van der Waals surface area contributed by atoms with E-state index in [1.807, 2.05) is 4.68 Å². The van der Waals surface area contributed by atoms with E-state index >= 15 is 0 Å². The number of nitrogens with zero attached hydrogens (tertiary/aromatic N) is 5. The second-order valence-electron chi connectivity index (χ2n) is 5.64. The Morgan fingerprint density at radius 2 is 2.30 bits per heavy atom. The van der Waals surface area contributed by atoms with E-state index in [1.54, 1.807) is 30.7 Å². The zero-order chi connectivity index (χ0) is 15.8. The van der Waals surface area contributed by atoms with Crippen LogP contribution in [0.5, 0.6) is 0 Å². The third kappa shape index (κ3) is 2.85. The fourth-order valence-corrected chi connectivity index (χ4v) is 3.03. The predicted octanol–water partition coefficient (Wildman–Crippen LogP) is 1.04. The van der Waals surface area contributed by atoms with Crippen LogP contribution in [0.15, 0.2) is 35.5 Å². The molecule has 7 nitrogen and oxygen atoms in total. The number of rotatable bonds is 3. The predicted molar refractivity (Wildman–Crippen MR) is 85.4 cm³/mol. The first-order valence-electron chi connectivity index (χ1n) is 7.47. The van der Waals surface area contributed by atoms with Gasteiger partial charge < -0.3 is 5.32 Å². The van der Waals surface area contributed by atoms with Crippen molar-refractivity contribution in [2.45, 2.75) is 32.0 Å². The van der Waals surface area contributed by atoms with Gasteiger partial charge in [0.1, 0.15) is 17.8 Å². The molecule has 8 heteroatoms. The van der Waals surface area contributed by atoms with Crippen molar-refractivity contribution in [1.29, 1.82) is 0 Å². The van der Waals surface area contributed by atoms with E-state index in [4.69, 9.17) is 11.6 Å². The lowest BCUT2D eigenvalue weighted by Crippen LogP contribution is -2.37. The third-order valence-corrected chi connectivity index (χ3v) is 4.28. The maximum atomic E-state index is 12.1. The molecule has 4 rings (SSSR count). The summed E-state index contributed by atoms with van der Waals surface area (Å²) in [6, 6.07) is 5.32. The van der Waals surface area contributed by atoms with Gasteiger partial charge in [-0.25, -0.2) is 14.6 Å². The van der Waals surface area contributed by atoms with Crippen molar-refractivity contribution < 1.29 is 0 Å². The Morgan fingerprint density at radius 3 is 3.22 bits per heavy atom. The average Bonchev–Trinajstić information content (AvgIpc) is 3.01. The van der Waals surface area contributed by atoms with Gasteiger partial charge in [0.15, 0.2) is 0 Å². The molecule has 3 aromatic rings. The van der Waals surface area contributed by atoms with Crippen molar-refractivity contribution in [2.24, 2.45) is 0 Å². The summed E-state index contributed by atoms with van der Waals surface area (Å²) in [6.45, 7) is 1.33. The highest BCUT2D eigenvalue weighted by molar-refractivity contribution is 6.30. The molecule has 4 heterocycles. The first-order chi connectivity index (χ1) is 11.2. The standard InChI is InChI=1S/C15H15ClN6O/c16-10-1-3-14-20-12(5-15(23)21(14)7-10)6-17-11-2-4-13-18-9-19-22(13)8-11/h1,3,5,7,9,11,17H,2,4,6,8H2/t11-/m0/s1. The van der Waals surface area contributed by atoms with Gasteiger partial charge in [-0.3, -0.25) is 9.20 Å². The van der Waals surface area contributed by atoms with Gasteiger partial charge in [-0.2, -0.15) is 5.10 Å². The molecule has 0 unspecified atom stereocenters. The van der Waals surface area contributed by atoms with Gasteiger partial charge in [0.25, 0.3) is 5.56 Å². The van der Waals surface area contributed by atoms with Crippen LogP contribution in [0, 0.1) is 0 Å². The zero-order valence-electron chi connectivity index (χ0n) is 12.3. The smallest absolute Gasteiger partial charge is 0.258 e. The Morgan fingerprint density at radius 1 is 1.39 bits per heavy atom. The van der Waals surface area contributed by atoms with Crippen molar-refractivity contribution in [3.8, 4) is 0 Å². The summed E-state index contributed by atoms with van der Waals surface area (Å²) in [5.41, 5.74) is 1.19. The van der Waals surface area contributed by atoms with E-state index in [0.29, 0.717) is 23.3 Å². The number of aryl methyl sites for hydroxylation is 1. The topological polar surface area (TPSA) is 77.1 Å². The maximum absolute atomic E-state index is 12.1. The van der Waals surface area contributed by atoms with Crippen LogP contribution in [-0.2, 0) is 19.5 Å². The minimum atomic E-state index is -0.128. The Bertz CT molecular complexity index is 918. The molecule has 3 aromatic heterocycles. The Kier molecular flexibility index (Phi) is 3.59. The molecular formula is C15H15ClN6O. The van der Waals surface area contributed by atoms with Gasteiger partial charge in [0, 0.05) is 31.3 Å². The lowest BCUT2D eigenvalue weighted by molar-refractivity contribution is 0.356. The average molecular weight is 331 g/mol. The van der Waals surface area contributed by atoms with Crippen LogP contribution in [-0.4, -0.2) is 30.2 Å². The summed E-state index contributed by atoms with van der Waals surface area (Å²) in [7, 11) is 0. The molecule has 0 radical (unpaired) electrons. The van der Waals surface area contributed by atoms with Gasteiger partial charge >= 0.3 is 0 Å². The van der Waals surface area contributed by atoms with E-state index in [9.17, 15) is 4.79 Å². The highest BCUT2D eigenvalue weighted by Crippen LogP contribution is 2.12. The fourth-order valence-electron chi connectivity index (χ4n) is 2.87. The summed E-state index contributed by atoms with van der Waals surface area (Å²) < 4.78 is 3.37. The lowest BCUT2D eigenvalue weighted by Gasteiger charge is -2.23. The molecule has 1 aliphatic heterocycles. The molecule has 0 amide bonds. The van der Waals surface area contributed by atoms with Gasteiger partial charge in [0.2, 0.25) is 0 Å². The minimum Gasteiger partial charge on any atom is -0.307 e. The van der Waals surface area contributed by atoms with E-state index in [0.717, 1.165) is 30.9 Å². The second-order valence-corrected chi connectivity index (χ2v) is 6.07. The molecule has 0 saturated heterocycles. The number of nitrogens with one attached hydrogen (secondary N) is 1. The molecule has 118 valence electrons. The molecule has 0 saturated carbocycles. The number of hydrogen-bond donors (Lipinski definition) is 1. The van der Waals surface area contributed by atoms with E-state index in [1.165, 1.54) is 4.40 Å². The van der Waals surface area contributed by atoms with Crippen molar-refractivity contribution in [3.05, 3.63) is 57.6 Å². The van der Waals surface area contributed by atoms with Gasteiger partial charge in [0.05, 0.1) is 17.3 Å². The second kappa shape index (κ2) is 5.75. The molecule has 0 aromatic carbocycles. The van der Waals surface area contributed by atoms with Crippen LogP contribution in [0.1, 0.15) is 17.9 Å². The summed E-state index contributed by atoms with van der Waals surface area (Å²) in [4.78, 5) is 20.9. The molecule has 0 bridgehead atoms. The summed E-state index contributed by atoms with van der Waals surface area (Å²) in [5.74, 6) is 1.03. The maximum Gasteiger partial charge on any atom is 0.258 e. The molecular weight excluding hydrogens is 316 g/mol. The minimum absolute atomic E-state index is 0.128. The SMILES string of the molecule is O=c1cc(CN[C@H]2CCc3ncnn3C2)nc2ccc(Cl)cn12. The van der Waals surface area contributed by atoms with Crippen molar-refractivity contribution in [1.82, 2.24) is 29.5 Å². The Labute approximate surface area is 136 Å². The molecule has 0 fully saturated rings. The third-order valence-electron chi connectivity index (χ3n) is 4.05. The lowest BCUT2D eigenvalue weighted by atomic mass is 10.1. The van der Waals surface area contributed by atoms with Crippen LogP contribution in [0.2, 0.25) is 5.02 Å². The fraction of sp³-hybridized carbons (Fsp3) is 0.333. The van der Waals surface area contributed by atoms with Crippen molar-refractivity contribution in [2.75, 3.05) is 0 Å². The normalized spacial score (nSPS) is 17.3. The van der Waals surface area contributed by atoms with Crippen molar-refractivity contribution >= 4 is 17.2 Å². The molecule has 1 N–H and O–H groups in total. The van der Waals surface area contributed by atoms with E-state index in [-0.39, 0.29) is 5.56 Å². The number of aromatic nitrogens is 5. The number of halogens is 1.